The van der Waals surface area contributed by atoms with Crippen LogP contribution in [0.15, 0.2) is 85.1 Å². The minimum absolute atomic E-state index is 0.0301. The minimum atomic E-state index is -4.39. The van der Waals surface area contributed by atoms with E-state index in [2.05, 4.69) is 98.9 Å². The summed E-state index contributed by atoms with van der Waals surface area (Å²) in [6, 6.07) is 0. The zero-order valence-electron chi connectivity index (χ0n) is 52.8. The van der Waals surface area contributed by atoms with Crippen molar-refractivity contribution in [2.45, 2.75) is 302 Å². The van der Waals surface area contributed by atoms with Crippen LogP contribution in [0.3, 0.4) is 0 Å². The highest BCUT2D eigenvalue weighted by atomic mass is 31.2. The predicted octanol–water partition coefficient (Wildman–Crippen LogP) is 21.4. The third kappa shape index (κ3) is 64.4. The van der Waals surface area contributed by atoms with Crippen LogP contribution >= 0.6 is 7.82 Å². The van der Waals surface area contributed by atoms with Crippen LogP contribution in [-0.4, -0.2) is 74.9 Å². The van der Waals surface area contributed by atoms with E-state index in [1.54, 1.807) is 0 Å². The maximum Gasteiger partial charge on any atom is 0.472 e. The Morgan fingerprint density at radius 2 is 0.713 bits per heavy atom. The fourth-order valence-corrected chi connectivity index (χ4v) is 10.1. The number of ether oxygens (including phenoxy) is 2. The number of nitrogens with zero attached hydrogens (tertiary/aromatic N) is 1. The number of phosphoric acid groups is 1. The Morgan fingerprint density at radius 3 is 1.06 bits per heavy atom. The Kier molecular flexibility index (Phi) is 58.6. The van der Waals surface area contributed by atoms with E-state index >= 15 is 0 Å². The largest absolute Gasteiger partial charge is 0.472 e. The lowest BCUT2D eigenvalue weighted by molar-refractivity contribution is -0.870. The molecule has 0 radical (unpaired) electrons. The molecule has 1 N–H and O–H groups in total. The molecule has 0 aliphatic heterocycles. The lowest BCUT2D eigenvalue weighted by Crippen LogP contribution is -2.37. The van der Waals surface area contributed by atoms with Crippen molar-refractivity contribution in [2.75, 3.05) is 47.5 Å². The Morgan fingerprint density at radius 1 is 0.400 bits per heavy atom. The Bertz CT molecular complexity index is 1630. The van der Waals surface area contributed by atoms with Gasteiger partial charge >= 0.3 is 19.8 Å². The van der Waals surface area contributed by atoms with Gasteiger partial charge in [0, 0.05) is 12.8 Å². The quantitative estimate of drug-likeness (QED) is 0.0211. The summed E-state index contributed by atoms with van der Waals surface area (Å²) in [5.74, 6) is -0.791. The molecule has 0 saturated carbocycles. The van der Waals surface area contributed by atoms with E-state index in [-0.39, 0.29) is 32.0 Å². The number of phosphoric ester groups is 1. The number of likely N-dealkylation sites (N-methyl/N-ethyl adjacent to an activating group) is 1. The number of unbranched alkanes of at least 4 members (excludes halogenated alkanes) is 33. The van der Waals surface area contributed by atoms with Crippen LogP contribution in [0.25, 0.3) is 0 Å². The summed E-state index contributed by atoms with van der Waals surface area (Å²) in [5, 5.41) is 0. The molecule has 80 heavy (non-hydrogen) atoms. The second-order valence-electron chi connectivity index (χ2n) is 23.5. The molecule has 0 amide bonds. The normalized spacial score (nSPS) is 13.7. The Labute approximate surface area is 494 Å². The number of carbonyl (C=O) groups is 2. The zero-order chi connectivity index (χ0) is 58.4. The molecule has 2 atom stereocenters. The lowest BCUT2D eigenvalue weighted by Gasteiger charge is -2.24. The fourth-order valence-electron chi connectivity index (χ4n) is 9.31. The molecule has 2 unspecified atom stereocenters. The molecular weight excluding hydrogens is 1010 g/mol. The van der Waals surface area contributed by atoms with Crippen molar-refractivity contribution >= 4 is 19.8 Å². The zero-order valence-corrected chi connectivity index (χ0v) is 53.7. The van der Waals surface area contributed by atoms with E-state index in [9.17, 15) is 19.0 Å². The van der Waals surface area contributed by atoms with E-state index in [0.717, 1.165) is 70.6 Å². The summed E-state index contributed by atoms with van der Waals surface area (Å²) in [7, 11) is 1.48. The van der Waals surface area contributed by atoms with Crippen LogP contribution in [-0.2, 0) is 32.7 Å². The van der Waals surface area contributed by atoms with Crippen LogP contribution in [0.2, 0.25) is 0 Å². The van der Waals surface area contributed by atoms with Gasteiger partial charge in [-0.05, 0) is 89.9 Å². The monoisotopic (exact) mass is 1140 g/mol. The molecular formula is C70H127NO8P+. The van der Waals surface area contributed by atoms with Crippen molar-refractivity contribution in [2.24, 2.45) is 0 Å². The number of quaternary nitrogens is 1. The van der Waals surface area contributed by atoms with Gasteiger partial charge in [-0.2, -0.15) is 0 Å². The van der Waals surface area contributed by atoms with Crippen molar-refractivity contribution in [3.63, 3.8) is 0 Å². The van der Waals surface area contributed by atoms with Crippen molar-refractivity contribution in [1.29, 1.82) is 0 Å². The molecule has 10 heteroatoms. The highest BCUT2D eigenvalue weighted by molar-refractivity contribution is 7.47. The van der Waals surface area contributed by atoms with Gasteiger partial charge in [-0.1, -0.05) is 279 Å². The van der Waals surface area contributed by atoms with Gasteiger partial charge in [0.15, 0.2) is 6.10 Å². The summed E-state index contributed by atoms with van der Waals surface area (Å²) in [4.78, 5) is 35.8. The number of carbonyl (C=O) groups excluding carboxylic acids is 2. The molecule has 0 aliphatic carbocycles. The van der Waals surface area contributed by atoms with Crippen LogP contribution < -0.4 is 0 Å². The van der Waals surface area contributed by atoms with E-state index in [1.165, 1.54) is 193 Å². The van der Waals surface area contributed by atoms with Crippen LogP contribution in [0.1, 0.15) is 296 Å². The number of esters is 2. The summed E-state index contributed by atoms with van der Waals surface area (Å²) < 4.78 is 34.7. The number of hydrogen-bond donors (Lipinski definition) is 1. The van der Waals surface area contributed by atoms with E-state index in [4.69, 9.17) is 18.5 Å². The maximum atomic E-state index is 12.9. The maximum absolute atomic E-state index is 12.9. The first-order valence-electron chi connectivity index (χ1n) is 33.3. The molecule has 0 aromatic carbocycles. The SMILES string of the molecule is CC/C=C\C/C=C\C/C=C\C/C=C\C/C=C\CCCCCCCCCCCCCCCCCCCC(=O)OC(COC(=O)CCCCCCCCCCCCC/C=C\C/C=C\CCCCCCC)COP(=O)(O)OCC[N+](C)(C)C. The summed E-state index contributed by atoms with van der Waals surface area (Å²) in [6.07, 6.45) is 82.4. The summed E-state index contributed by atoms with van der Waals surface area (Å²) >= 11 is 0. The van der Waals surface area contributed by atoms with Gasteiger partial charge in [0.25, 0.3) is 0 Å². The summed E-state index contributed by atoms with van der Waals surface area (Å²) in [5.41, 5.74) is 0. The molecule has 0 fully saturated rings. The summed E-state index contributed by atoms with van der Waals surface area (Å²) in [6.45, 7) is 4.34. The number of rotatable bonds is 61. The minimum Gasteiger partial charge on any atom is -0.462 e. The Balaban J connectivity index is 4.05. The predicted molar refractivity (Wildman–Crippen MR) is 344 cm³/mol. The molecule has 0 aliphatic rings. The lowest BCUT2D eigenvalue weighted by atomic mass is 10.0. The standard InChI is InChI=1S/C70H126NO8P/c1-6-8-10-12-14-16-18-20-22-24-26-28-30-31-32-33-34-35-36-37-38-39-41-43-45-47-49-51-53-55-57-59-61-63-70(73)79-68(67-78-80(74,75)77-65-64-71(3,4)5)66-76-69(72)62-60-58-56-54-52-50-48-46-44-42-40-29-27-25-23-21-19-17-15-13-11-9-7-2/h8,10,14,16,19-22,25-28,31-32,68H,6-7,9,11-13,15,17-18,23-24,29-30,33-67H2,1-5H3/p+1/b10-8-,16-14-,21-19-,22-20-,27-25-,28-26-,32-31-. The average molecular weight is 1140 g/mol. The fraction of sp³-hybridized carbons (Fsp3) is 0.771. The van der Waals surface area contributed by atoms with Crippen LogP contribution in [0.5, 0.6) is 0 Å². The number of allylic oxidation sites excluding steroid dienone is 14. The van der Waals surface area contributed by atoms with E-state index < -0.39 is 26.5 Å². The van der Waals surface area contributed by atoms with Gasteiger partial charge < -0.3 is 18.9 Å². The molecule has 0 heterocycles. The van der Waals surface area contributed by atoms with E-state index in [0.29, 0.717) is 17.4 Å². The van der Waals surface area contributed by atoms with Gasteiger partial charge in [0.05, 0.1) is 27.7 Å². The van der Waals surface area contributed by atoms with Gasteiger partial charge in [-0.25, -0.2) is 4.57 Å². The van der Waals surface area contributed by atoms with E-state index in [1.807, 2.05) is 21.1 Å². The van der Waals surface area contributed by atoms with Crippen LogP contribution in [0, 0.1) is 0 Å². The molecule has 0 bridgehead atoms. The van der Waals surface area contributed by atoms with Crippen molar-refractivity contribution in [3.05, 3.63) is 85.1 Å². The molecule has 0 rings (SSSR count). The molecule has 0 saturated heterocycles. The first-order chi connectivity index (χ1) is 39.0. The highest BCUT2D eigenvalue weighted by Crippen LogP contribution is 2.43. The molecule has 0 aromatic heterocycles. The van der Waals surface area contributed by atoms with Crippen molar-refractivity contribution in [3.8, 4) is 0 Å². The first kappa shape index (κ1) is 77.2. The highest BCUT2D eigenvalue weighted by Gasteiger charge is 2.27. The van der Waals surface area contributed by atoms with Gasteiger partial charge in [0.1, 0.15) is 19.8 Å². The first-order valence-corrected chi connectivity index (χ1v) is 34.8. The second kappa shape index (κ2) is 60.8. The molecule has 464 valence electrons. The van der Waals surface area contributed by atoms with Gasteiger partial charge in [0.2, 0.25) is 0 Å². The second-order valence-corrected chi connectivity index (χ2v) is 24.9. The smallest absolute Gasteiger partial charge is 0.462 e. The third-order valence-corrected chi connectivity index (χ3v) is 15.4. The average Bonchev–Trinajstić information content (AvgIpc) is 3.42. The van der Waals surface area contributed by atoms with Crippen molar-refractivity contribution in [1.82, 2.24) is 0 Å². The van der Waals surface area contributed by atoms with Gasteiger partial charge in [-0.15, -0.1) is 0 Å². The Hall–Kier alpha value is -2.81. The molecule has 0 aromatic rings. The third-order valence-electron chi connectivity index (χ3n) is 14.4. The topological polar surface area (TPSA) is 108 Å². The van der Waals surface area contributed by atoms with Crippen LogP contribution in [0.4, 0.5) is 0 Å². The molecule has 9 nitrogen and oxygen atoms in total. The van der Waals surface area contributed by atoms with Gasteiger partial charge in [-0.3, -0.25) is 18.6 Å². The number of hydrogen-bond acceptors (Lipinski definition) is 7. The van der Waals surface area contributed by atoms with Crippen molar-refractivity contribution < 1.29 is 42.1 Å². The molecule has 0 spiro atoms.